The van der Waals surface area contributed by atoms with Crippen LogP contribution in [0.15, 0.2) is 18.7 Å². The molecule has 0 amide bonds. The average Bonchev–Trinajstić information content (AvgIpc) is 2.76. The molecule has 0 aromatic carbocycles. The highest BCUT2D eigenvalue weighted by atomic mass is 16.5. The lowest BCUT2D eigenvalue weighted by molar-refractivity contribution is 0.187. The summed E-state index contributed by atoms with van der Waals surface area (Å²) in [5, 5.41) is 3.54. The maximum Gasteiger partial charge on any atom is 0.0946 e. The molecule has 0 saturated carbocycles. The largest absolute Gasteiger partial charge is 0.380 e. The molecular weight excluding hydrogens is 178 g/mol. The maximum absolute atomic E-state index is 5.31. The van der Waals surface area contributed by atoms with Crippen molar-refractivity contribution in [1.29, 1.82) is 0 Å². The van der Waals surface area contributed by atoms with Crippen molar-refractivity contribution < 1.29 is 4.74 Å². The number of aromatic nitrogens is 2. The fourth-order valence-corrected chi connectivity index (χ4v) is 1.83. The Morgan fingerprint density at radius 1 is 1.71 bits per heavy atom. The van der Waals surface area contributed by atoms with Crippen molar-refractivity contribution in [3.05, 3.63) is 18.7 Å². The Hall–Kier alpha value is -0.870. The summed E-state index contributed by atoms with van der Waals surface area (Å²) in [4.78, 5) is 4.02. The number of imidazole rings is 1. The Labute approximate surface area is 84.3 Å². The van der Waals surface area contributed by atoms with Gasteiger partial charge in [-0.15, -0.1) is 0 Å². The number of hydrogen-bond donors (Lipinski definition) is 1. The lowest BCUT2D eigenvalue weighted by atomic mass is 10.2. The molecule has 0 bridgehead atoms. The quantitative estimate of drug-likeness (QED) is 0.766. The number of rotatable bonds is 4. The van der Waals surface area contributed by atoms with Gasteiger partial charge >= 0.3 is 0 Å². The molecule has 1 fully saturated rings. The first-order chi connectivity index (χ1) is 6.84. The molecule has 1 aromatic heterocycles. The summed E-state index contributed by atoms with van der Waals surface area (Å²) in [6.07, 6.45) is 6.78. The molecule has 14 heavy (non-hydrogen) atoms. The summed E-state index contributed by atoms with van der Waals surface area (Å²) in [6, 6.07) is 1.00. The lowest BCUT2D eigenvalue weighted by Gasteiger charge is -2.18. The summed E-state index contributed by atoms with van der Waals surface area (Å²) < 4.78 is 7.40. The van der Waals surface area contributed by atoms with Crippen LogP contribution in [0.25, 0.3) is 0 Å². The smallest absolute Gasteiger partial charge is 0.0946 e. The Morgan fingerprint density at radius 3 is 3.29 bits per heavy atom. The van der Waals surface area contributed by atoms with Gasteiger partial charge in [-0.2, -0.15) is 0 Å². The Balaban J connectivity index is 1.75. The number of ether oxygens (including phenoxy) is 1. The predicted octanol–water partition coefficient (Wildman–Crippen LogP) is 0.650. The van der Waals surface area contributed by atoms with Crippen molar-refractivity contribution in [1.82, 2.24) is 14.9 Å². The minimum absolute atomic E-state index is 0.468. The fraction of sp³-hybridized carbons (Fsp3) is 0.700. The van der Waals surface area contributed by atoms with Crippen molar-refractivity contribution in [2.45, 2.75) is 32.0 Å². The van der Waals surface area contributed by atoms with E-state index in [1.165, 1.54) is 0 Å². The molecule has 1 saturated heterocycles. The van der Waals surface area contributed by atoms with Crippen molar-refractivity contribution in [3.8, 4) is 0 Å². The molecule has 78 valence electrons. The third-order valence-electron chi connectivity index (χ3n) is 2.49. The monoisotopic (exact) mass is 195 g/mol. The summed E-state index contributed by atoms with van der Waals surface area (Å²) in [7, 11) is 0. The molecule has 0 radical (unpaired) electrons. The van der Waals surface area contributed by atoms with Gasteiger partial charge in [-0.25, -0.2) is 4.98 Å². The van der Waals surface area contributed by atoms with Crippen molar-refractivity contribution in [2.24, 2.45) is 0 Å². The van der Waals surface area contributed by atoms with Crippen molar-refractivity contribution >= 4 is 0 Å². The highest BCUT2D eigenvalue weighted by Crippen LogP contribution is 2.05. The third kappa shape index (κ3) is 2.56. The zero-order chi connectivity index (χ0) is 9.80. The molecule has 4 heteroatoms. The van der Waals surface area contributed by atoms with E-state index in [0.29, 0.717) is 12.1 Å². The van der Waals surface area contributed by atoms with Crippen LogP contribution in [0.1, 0.15) is 13.3 Å². The van der Waals surface area contributed by atoms with Crippen LogP contribution in [0.5, 0.6) is 0 Å². The van der Waals surface area contributed by atoms with Crippen LogP contribution in [0.3, 0.4) is 0 Å². The van der Waals surface area contributed by atoms with E-state index in [-0.39, 0.29) is 0 Å². The highest BCUT2D eigenvalue weighted by molar-refractivity contribution is 4.79. The average molecular weight is 195 g/mol. The molecular formula is C10H17N3O. The Morgan fingerprint density at radius 2 is 2.64 bits per heavy atom. The van der Waals surface area contributed by atoms with Gasteiger partial charge in [0.05, 0.1) is 12.9 Å². The van der Waals surface area contributed by atoms with E-state index in [9.17, 15) is 0 Å². The van der Waals surface area contributed by atoms with Crippen LogP contribution < -0.4 is 5.32 Å². The summed E-state index contributed by atoms with van der Waals surface area (Å²) in [6.45, 7) is 4.92. The Bertz CT molecular complexity index is 254. The van der Waals surface area contributed by atoms with Gasteiger partial charge in [0.1, 0.15) is 0 Å². The van der Waals surface area contributed by atoms with E-state index in [1.807, 2.05) is 18.7 Å². The van der Waals surface area contributed by atoms with Crippen LogP contribution >= 0.6 is 0 Å². The number of nitrogens with zero attached hydrogens (tertiary/aromatic N) is 2. The molecule has 2 unspecified atom stereocenters. The second-order valence-corrected chi connectivity index (χ2v) is 3.89. The molecule has 1 N–H and O–H groups in total. The third-order valence-corrected chi connectivity index (χ3v) is 2.49. The normalized spacial score (nSPS) is 23.9. The molecule has 0 spiro atoms. The first-order valence-electron chi connectivity index (χ1n) is 5.14. The van der Waals surface area contributed by atoms with E-state index in [4.69, 9.17) is 4.74 Å². The molecule has 1 aromatic rings. The summed E-state index contributed by atoms with van der Waals surface area (Å²) in [5.74, 6) is 0. The molecule has 2 heterocycles. The standard InChI is InChI=1S/C10H17N3O/c1-9(6-13-4-3-11-8-13)12-10-2-5-14-7-10/h3-4,8-10,12H,2,5-7H2,1H3. The minimum Gasteiger partial charge on any atom is -0.380 e. The Kier molecular flexibility index (Phi) is 3.16. The van der Waals surface area contributed by atoms with Gasteiger partial charge in [0, 0.05) is 37.6 Å². The van der Waals surface area contributed by atoms with Gasteiger partial charge in [-0.05, 0) is 13.3 Å². The molecule has 2 rings (SSSR count). The zero-order valence-corrected chi connectivity index (χ0v) is 8.52. The van der Waals surface area contributed by atoms with Crippen LogP contribution in [0.2, 0.25) is 0 Å². The van der Waals surface area contributed by atoms with Gasteiger partial charge in [-0.1, -0.05) is 0 Å². The van der Waals surface area contributed by atoms with E-state index < -0.39 is 0 Å². The van der Waals surface area contributed by atoms with Crippen molar-refractivity contribution in [3.63, 3.8) is 0 Å². The summed E-state index contributed by atoms with van der Waals surface area (Å²) >= 11 is 0. The second-order valence-electron chi connectivity index (χ2n) is 3.89. The van der Waals surface area contributed by atoms with Crippen molar-refractivity contribution in [2.75, 3.05) is 13.2 Å². The van der Waals surface area contributed by atoms with E-state index in [2.05, 4.69) is 21.8 Å². The molecule has 4 nitrogen and oxygen atoms in total. The molecule has 1 aliphatic heterocycles. The van der Waals surface area contributed by atoms with Crippen LogP contribution in [0, 0.1) is 0 Å². The zero-order valence-electron chi connectivity index (χ0n) is 8.52. The summed E-state index contributed by atoms with van der Waals surface area (Å²) in [5.41, 5.74) is 0. The molecule has 0 aliphatic carbocycles. The van der Waals surface area contributed by atoms with E-state index >= 15 is 0 Å². The topological polar surface area (TPSA) is 39.1 Å². The second kappa shape index (κ2) is 4.57. The first-order valence-corrected chi connectivity index (χ1v) is 5.14. The van der Waals surface area contributed by atoms with Gasteiger partial charge in [0.15, 0.2) is 0 Å². The van der Waals surface area contributed by atoms with Crippen LogP contribution in [0.4, 0.5) is 0 Å². The number of nitrogens with one attached hydrogen (secondary N) is 1. The molecule has 1 aliphatic rings. The first kappa shape index (κ1) is 9.68. The highest BCUT2D eigenvalue weighted by Gasteiger charge is 2.17. The van der Waals surface area contributed by atoms with Crippen LogP contribution in [-0.4, -0.2) is 34.8 Å². The maximum atomic E-state index is 5.31. The van der Waals surface area contributed by atoms with Gasteiger partial charge < -0.3 is 14.6 Å². The van der Waals surface area contributed by atoms with Gasteiger partial charge in [0.25, 0.3) is 0 Å². The van der Waals surface area contributed by atoms with Gasteiger partial charge in [0.2, 0.25) is 0 Å². The van der Waals surface area contributed by atoms with E-state index in [0.717, 1.165) is 26.2 Å². The van der Waals surface area contributed by atoms with E-state index in [1.54, 1.807) is 0 Å². The predicted molar refractivity (Wildman–Crippen MR) is 54.0 cm³/mol. The fourth-order valence-electron chi connectivity index (χ4n) is 1.83. The SMILES string of the molecule is CC(Cn1ccnc1)NC1CCOC1. The van der Waals surface area contributed by atoms with Crippen LogP contribution in [-0.2, 0) is 11.3 Å². The minimum atomic E-state index is 0.468. The number of hydrogen-bond acceptors (Lipinski definition) is 3. The van der Waals surface area contributed by atoms with Gasteiger partial charge in [-0.3, -0.25) is 0 Å². The molecule has 2 atom stereocenters. The lowest BCUT2D eigenvalue weighted by Crippen LogP contribution is -2.39.